The maximum absolute atomic E-state index is 5.89. The lowest BCUT2D eigenvalue weighted by atomic mass is 10.3. The van der Waals surface area contributed by atoms with Gasteiger partial charge in [0.25, 0.3) is 0 Å². The number of methoxy groups -OCH3 is 1. The Kier molecular flexibility index (Phi) is 9.54. The van der Waals surface area contributed by atoms with Crippen LogP contribution in [0.3, 0.4) is 0 Å². The molecule has 0 fully saturated rings. The maximum Gasteiger partial charge on any atom is 0.0701 e. The number of hydrogen-bond acceptors (Lipinski definition) is 4. The molecule has 0 bridgehead atoms. The summed E-state index contributed by atoms with van der Waals surface area (Å²) in [6, 6.07) is 5.77. The fourth-order valence-corrected chi connectivity index (χ4v) is 2.42. The van der Waals surface area contributed by atoms with Crippen LogP contribution in [-0.2, 0) is 14.2 Å². The van der Waals surface area contributed by atoms with E-state index in [9.17, 15) is 0 Å². The number of ether oxygens (including phenoxy) is 3. The fourth-order valence-electron chi connectivity index (χ4n) is 1.35. The van der Waals surface area contributed by atoms with E-state index in [0.29, 0.717) is 33.0 Å². The lowest BCUT2D eigenvalue weighted by Crippen LogP contribution is -2.14. The summed E-state index contributed by atoms with van der Waals surface area (Å²) in [7, 11) is 1.66. The maximum atomic E-state index is 5.89. The molecule has 0 unspecified atom stereocenters. The smallest absolute Gasteiger partial charge is 0.0701 e. The molecular weight excluding hydrogens is 381 g/mol. The predicted octanol–water partition coefficient (Wildman–Crippen LogP) is 3.04. The molecular formula is C13H19ClINO3. The van der Waals surface area contributed by atoms with E-state index in [1.165, 1.54) is 0 Å². The molecule has 0 amide bonds. The highest BCUT2D eigenvalue weighted by Crippen LogP contribution is 2.21. The van der Waals surface area contributed by atoms with Gasteiger partial charge in [-0.15, -0.1) is 0 Å². The second kappa shape index (κ2) is 10.7. The molecule has 0 saturated heterocycles. The molecule has 0 aliphatic heterocycles. The van der Waals surface area contributed by atoms with Crippen molar-refractivity contribution in [1.29, 1.82) is 0 Å². The van der Waals surface area contributed by atoms with E-state index in [1.54, 1.807) is 7.11 Å². The fraction of sp³-hybridized carbons (Fsp3) is 0.538. The molecule has 1 aromatic carbocycles. The third-order valence-corrected chi connectivity index (χ3v) is 3.42. The number of hydrogen-bond donors (Lipinski definition) is 1. The van der Waals surface area contributed by atoms with Crippen LogP contribution >= 0.6 is 34.2 Å². The summed E-state index contributed by atoms with van der Waals surface area (Å²) in [6.07, 6.45) is 0. The summed E-state index contributed by atoms with van der Waals surface area (Å²) in [6.45, 7) is 3.84. The molecule has 0 radical (unpaired) electrons. The minimum Gasteiger partial charge on any atom is -0.382 e. The molecule has 4 nitrogen and oxygen atoms in total. The van der Waals surface area contributed by atoms with Crippen LogP contribution in [0.1, 0.15) is 0 Å². The van der Waals surface area contributed by atoms with Crippen LogP contribution in [0.5, 0.6) is 0 Å². The second-order valence-corrected chi connectivity index (χ2v) is 5.37. The van der Waals surface area contributed by atoms with E-state index < -0.39 is 0 Å². The lowest BCUT2D eigenvalue weighted by Gasteiger charge is -2.09. The summed E-state index contributed by atoms with van der Waals surface area (Å²) in [5.41, 5.74) is 1.07. The van der Waals surface area contributed by atoms with Crippen LogP contribution in [0.15, 0.2) is 18.2 Å². The third-order valence-electron chi connectivity index (χ3n) is 2.30. The second-order valence-electron chi connectivity index (χ2n) is 3.77. The van der Waals surface area contributed by atoms with E-state index in [2.05, 4.69) is 27.9 Å². The first-order valence-corrected chi connectivity index (χ1v) is 7.53. The van der Waals surface area contributed by atoms with Gasteiger partial charge in [-0.1, -0.05) is 11.6 Å². The summed E-state index contributed by atoms with van der Waals surface area (Å²) in [5, 5.41) is 4.05. The summed E-state index contributed by atoms with van der Waals surface area (Å²) >= 11 is 8.15. The molecule has 1 aromatic rings. The number of benzene rings is 1. The van der Waals surface area contributed by atoms with Gasteiger partial charge in [-0.25, -0.2) is 0 Å². The van der Waals surface area contributed by atoms with Crippen LogP contribution in [-0.4, -0.2) is 46.7 Å². The van der Waals surface area contributed by atoms with Gasteiger partial charge < -0.3 is 19.5 Å². The number of nitrogens with one attached hydrogen (secondary N) is 1. The summed E-state index contributed by atoms with van der Waals surface area (Å²) in [4.78, 5) is 0. The molecule has 0 heterocycles. The standard InChI is InChI=1S/C13H19ClINO3/c1-17-6-7-19-9-8-18-5-4-16-13-3-2-11(14)10-12(13)15/h2-3,10,16H,4-9H2,1H3. The van der Waals surface area contributed by atoms with Crippen molar-refractivity contribution in [2.24, 2.45) is 0 Å². The minimum absolute atomic E-state index is 0.599. The number of rotatable bonds is 10. The van der Waals surface area contributed by atoms with Crippen molar-refractivity contribution in [3.63, 3.8) is 0 Å². The van der Waals surface area contributed by atoms with Crippen molar-refractivity contribution in [2.75, 3.05) is 52.0 Å². The Labute approximate surface area is 132 Å². The highest BCUT2D eigenvalue weighted by molar-refractivity contribution is 14.1. The molecule has 0 aromatic heterocycles. The Bertz CT molecular complexity index is 366. The van der Waals surface area contributed by atoms with Crippen molar-refractivity contribution >= 4 is 39.9 Å². The van der Waals surface area contributed by atoms with Gasteiger partial charge in [-0.05, 0) is 40.8 Å². The predicted molar refractivity (Wildman–Crippen MR) is 86.2 cm³/mol. The quantitative estimate of drug-likeness (QED) is 0.485. The van der Waals surface area contributed by atoms with E-state index in [-0.39, 0.29) is 0 Å². The minimum atomic E-state index is 0.599. The van der Waals surface area contributed by atoms with Gasteiger partial charge in [0.05, 0.1) is 33.0 Å². The zero-order valence-electron chi connectivity index (χ0n) is 11.0. The van der Waals surface area contributed by atoms with Crippen LogP contribution in [0.4, 0.5) is 5.69 Å². The average molecular weight is 400 g/mol. The molecule has 19 heavy (non-hydrogen) atoms. The van der Waals surface area contributed by atoms with E-state index in [0.717, 1.165) is 20.8 Å². The van der Waals surface area contributed by atoms with Gasteiger partial charge in [0.2, 0.25) is 0 Å². The molecule has 1 rings (SSSR count). The molecule has 1 N–H and O–H groups in total. The van der Waals surface area contributed by atoms with E-state index in [1.807, 2.05) is 18.2 Å². The molecule has 0 spiro atoms. The van der Waals surface area contributed by atoms with Crippen LogP contribution < -0.4 is 5.32 Å². The van der Waals surface area contributed by atoms with Crippen molar-refractivity contribution < 1.29 is 14.2 Å². The molecule has 0 aliphatic rings. The highest BCUT2D eigenvalue weighted by Gasteiger charge is 1.99. The van der Waals surface area contributed by atoms with Crippen LogP contribution in [0, 0.1) is 3.57 Å². The largest absolute Gasteiger partial charge is 0.382 e. The van der Waals surface area contributed by atoms with E-state index in [4.69, 9.17) is 25.8 Å². The first-order valence-electron chi connectivity index (χ1n) is 6.07. The monoisotopic (exact) mass is 399 g/mol. The van der Waals surface area contributed by atoms with Crippen LogP contribution in [0.25, 0.3) is 0 Å². The normalized spacial score (nSPS) is 10.7. The van der Waals surface area contributed by atoms with Gasteiger partial charge in [0.1, 0.15) is 0 Å². The summed E-state index contributed by atoms with van der Waals surface area (Å²) in [5.74, 6) is 0. The number of halogens is 2. The Morgan fingerprint density at radius 2 is 1.79 bits per heavy atom. The first-order chi connectivity index (χ1) is 9.24. The first kappa shape index (κ1) is 17.0. The van der Waals surface area contributed by atoms with Crippen LogP contribution in [0.2, 0.25) is 5.02 Å². The molecule has 6 heteroatoms. The molecule has 0 saturated carbocycles. The van der Waals surface area contributed by atoms with Gasteiger partial charge in [0, 0.05) is 27.9 Å². The van der Waals surface area contributed by atoms with Gasteiger partial charge in [-0.3, -0.25) is 0 Å². The zero-order valence-corrected chi connectivity index (χ0v) is 13.9. The summed E-state index contributed by atoms with van der Waals surface area (Å²) < 4.78 is 16.7. The highest BCUT2D eigenvalue weighted by atomic mass is 127. The average Bonchev–Trinajstić information content (AvgIpc) is 2.39. The Morgan fingerprint density at radius 3 is 2.47 bits per heavy atom. The molecule has 0 atom stereocenters. The SMILES string of the molecule is COCCOCCOCCNc1ccc(Cl)cc1I. The molecule has 0 aliphatic carbocycles. The Hall–Kier alpha value is -0.0800. The number of anilines is 1. The van der Waals surface area contributed by atoms with Crippen molar-refractivity contribution in [3.8, 4) is 0 Å². The van der Waals surface area contributed by atoms with Crippen molar-refractivity contribution in [2.45, 2.75) is 0 Å². The van der Waals surface area contributed by atoms with E-state index >= 15 is 0 Å². The third kappa shape index (κ3) is 7.94. The Balaban J connectivity index is 2.01. The van der Waals surface area contributed by atoms with Crippen molar-refractivity contribution in [3.05, 3.63) is 26.8 Å². The molecule has 108 valence electrons. The topological polar surface area (TPSA) is 39.7 Å². The van der Waals surface area contributed by atoms with Gasteiger partial charge >= 0.3 is 0 Å². The van der Waals surface area contributed by atoms with Gasteiger partial charge in [0.15, 0.2) is 0 Å². The zero-order chi connectivity index (χ0) is 13.9. The van der Waals surface area contributed by atoms with Crippen molar-refractivity contribution in [1.82, 2.24) is 0 Å². The Morgan fingerprint density at radius 1 is 1.11 bits per heavy atom. The lowest BCUT2D eigenvalue weighted by molar-refractivity contribution is 0.0272. The van der Waals surface area contributed by atoms with Gasteiger partial charge in [-0.2, -0.15) is 0 Å².